The van der Waals surface area contributed by atoms with Crippen LogP contribution in [0.25, 0.3) is 0 Å². The van der Waals surface area contributed by atoms with Crippen LogP contribution in [0.15, 0.2) is 0 Å². The number of hydrogen-bond acceptors (Lipinski definition) is 1. The third-order valence-electron chi connectivity index (χ3n) is 3.32. The Labute approximate surface area is 96.3 Å². The van der Waals surface area contributed by atoms with Gasteiger partial charge in [0, 0.05) is 6.61 Å². The van der Waals surface area contributed by atoms with E-state index in [-0.39, 0.29) is 0 Å². The summed E-state index contributed by atoms with van der Waals surface area (Å²) in [5.74, 6) is 0.483. The normalized spacial score (nSPS) is 14.2. The fourth-order valence-electron chi connectivity index (χ4n) is 2.00. The molecule has 92 valence electrons. The fourth-order valence-corrected chi connectivity index (χ4v) is 2.00. The standard InChI is InChI=1S/C14H30O/c1-5-6-7-10-14(3,4)11-8-9-13(2)12-15/h13,15H,5-12H2,1-4H3. The molecule has 1 N–H and O–H groups in total. The third kappa shape index (κ3) is 8.92. The van der Waals surface area contributed by atoms with Crippen molar-refractivity contribution < 1.29 is 5.11 Å². The molecule has 0 aromatic rings. The predicted molar refractivity (Wildman–Crippen MR) is 68.0 cm³/mol. The lowest BCUT2D eigenvalue weighted by molar-refractivity contribution is 0.215. The molecule has 0 aliphatic carbocycles. The van der Waals surface area contributed by atoms with Gasteiger partial charge in [-0.3, -0.25) is 0 Å². The number of unbranched alkanes of at least 4 members (excludes halogenated alkanes) is 2. The van der Waals surface area contributed by atoms with Crippen molar-refractivity contribution in [3.05, 3.63) is 0 Å². The van der Waals surface area contributed by atoms with E-state index in [1.165, 1.54) is 44.9 Å². The first-order valence-corrected chi connectivity index (χ1v) is 6.62. The van der Waals surface area contributed by atoms with Gasteiger partial charge >= 0.3 is 0 Å². The number of hydrogen-bond donors (Lipinski definition) is 1. The van der Waals surface area contributed by atoms with Gasteiger partial charge in [-0.15, -0.1) is 0 Å². The zero-order valence-corrected chi connectivity index (χ0v) is 11.2. The maximum atomic E-state index is 8.94. The lowest BCUT2D eigenvalue weighted by Gasteiger charge is -2.25. The molecule has 0 aromatic heterocycles. The minimum absolute atomic E-state index is 0.344. The van der Waals surface area contributed by atoms with Gasteiger partial charge in [-0.05, 0) is 30.6 Å². The molecule has 1 nitrogen and oxygen atoms in total. The van der Waals surface area contributed by atoms with Gasteiger partial charge in [0.15, 0.2) is 0 Å². The van der Waals surface area contributed by atoms with Gasteiger partial charge in [-0.25, -0.2) is 0 Å². The fraction of sp³-hybridized carbons (Fsp3) is 1.00. The molecule has 0 aliphatic rings. The van der Waals surface area contributed by atoms with Crippen molar-refractivity contribution in [2.75, 3.05) is 6.61 Å². The van der Waals surface area contributed by atoms with Crippen LogP contribution in [0, 0.1) is 11.3 Å². The van der Waals surface area contributed by atoms with Gasteiger partial charge < -0.3 is 5.11 Å². The van der Waals surface area contributed by atoms with Crippen LogP contribution in [-0.4, -0.2) is 11.7 Å². The van der Waals surface area contributed by atoms with E-state index in [4.69, 9.17) is 5.11 Å². The van der Waals surface area contributed by atoms with Gasteiger partial charge in [0.1, 0.15) is 0 Å². The van der Waals surface area contributed by atoms with Crippen molar-refractivity contribution in [2.24, 2.45) is 11.3 Å². The van der Waals surface area contributed by atoms with Crippen LogP contribution in [0.5, 0.6) is 0 Å². The minimum atomic E-state index is 0.344. The first kappa shape index (κ1) is 15.0. The van der Waals surface area contributed by atoms with Gasteiger partial charge in [-0.2, -0.15) is 0 Å². The van der Waals surface area contributed by atoms with Crippen molar-refractivity contribution in [1.82, 2.24) is 0 Å². The van der Waals surface area contributed by atoms with Gasteiger partial charge in [-0.1, -0.05) is 53.4 Å². The molecule has 0 amide bonds. The van der Waals surface area contributed by atoms with E-state index in [9.17, 15) is 0 Å². The minimum Gasteiger partial charge on any atom is -0.396 e. The topological polar surface area (TPSA) is 20.2 Å². The van der Waals surface area contributed by atoms with E-state index in [0.29, 0.717) is 17.9 Å². The van der Waals surface area contributed by atoms with Crippen molar-refractivity contribution in [2.45, 2.75) is 72.6 Å². The summed E-state index contributed by atoms with van der Waals surface area (Å²) in [6.45, 7) is 9.49. The lowest BCUT2D eigenvalue weighted by atomic mass is 9.81. The highest BCUT2D eigenvalue weighted by molar-refractivity contribution is 4.69. The van der Waals surface area contributed by atoms with Crippen molar-refractivity contribution in [3.63, 3.8) is 0 Å². The van der Waals surface area contributed by atoms with Crippen molar-refractivity contribution in [1.29, 1.82) is 0 Å². The van der Waals surface area contributed by atoms with Crippen LogP contribution < -0.4 is 0 Å². The highest BCUT2D eigenvalue weighted by atomic mass is 16.3. The lowest BCUT2D eigenvalue weighted by Crippen LogP contribution is -2.12. The van der Waals surface area contributed by atoms with E-state index >= 15 is 0 Å². The summed E-state index contributed by atoms with van der Waals surface area (Å²) >= 11 is 0. The summed E-state index contributed by atoms with van der Waals surface area (Å²) in [7, 11) is 0. The van der Waals surface area contributed by atoms with Crippen LogP contribution in [-0.2, 0) is 0 Å². The second-order valence-corrected chi connectivity index (χ2v) is 5.80. The largest absolute Gasteiger partial charge is 0.396 e. The molecule has 0 saturated carbocycles. The third-order valence-corrected chi connectivity index (χ3v) is 3.32. The Balaban J connectivity index is 3.54. The van der Waals surface area contributed by atoms with Gasteiger partial charge in [0.2, 0.25) is 0 Å². The average molecular weight is 214 g/mol. The first-order chi connectivity index (χ1) is 7.02. The molecule has 1 heteroatoms. The second kappa shape index (κ2) is 8.15. The summed E-state index contributed by atoms with van der Waals surface area (Å²) in [4.78, 5) is 0. The van der Waals surface area contributed by atoms with Crippen LogP contribution in [0.1, 0.15) is 72.6 Å². The quantitative estimate of drug-likeness (QED) is 0.564. The SMILES string of the molecule is CCCCCC(C)(C)CCCC(C)CO. The van der Waals surface area contributed by atoms with Crippen molar-refractivity contribution in [3.8, 4) is 0 Å². The number of aliphatic hydroxyl groups is 1. The highest BCUT2D eigenvalue weighted by Crippen LogP contribution is 2.30. The maximum absolute atomic E-state index is 8.94. The Morgan fingerprint density at radius 2 is 1.67 bits per heavy atom. The van der Waals surface area contributed by atoms with Crippen LogP contribution in [0.4, 0.5) is 0 Å². The van der Waals surface area contributed by atoms with Gasteiger partial charge in [0.05, 0.1) is 0 Å². The maximum Gasteiger partial charge on any atom is 0.0456 e. The summed E-state index contributed by atoms with van der Waals surface area (Å²) in [5, 5.41) is 8.94. The second-order valence-electron chi connectivity index (χ2n) is 5.80. The van der Waals surface area contributed by atoms with Gasteiger partial charge in [0.25, 0.3) is 0 Å². The summed E-state index contributed by atoms with van der Waals surface area (Å²) in [6.07, 6.45) is 9.16. The monoisotopic (exact) mass is 214 g/mol. The van der Waals surface area contributed by atoms with E-state index in [1.807, 2.05) is 0 Å². The average Bonchev–Trinajstić information content (AvgIpc) is 2.17. The zero-order valence-electron chi connectivity index (χ0n) is 11.2. The van der Waals surface area contributed by atoms with Crippen LogP contribution in [0.2, 0.25) is 0 Å². The Morgan fingerprint density at radius 3 is 2.20 bits per heavy atom. The smallest absolute Gasteiger partial charge is 0.0456 e. The molecule has 0 rings (SSSR count). The molecule has 0 heterocycles. The summed E-state index contributed by atoms with van der Waals surface area (Å²) in [6, 6.07) is 0. The van der Waals surface area contributed by atoms with E-state index in [0.717, 1.165) is 0 Å². The molecule has 1 atom stereocenters. The zero-order chi connectivity index (χ0) is 11.7. The molecule has 0 radical (unpaired) electrons. The molecule has 0 fully saturated rings. The molecule has 1 unspecified atom stereocenters. The molecule has 0 spiro atoms. The van der Waals surface area contributed by atoms with E-state index < -0.39 is 0 Å². The predicted octanol–water partition coefficient (Wildman–Crippen LogP) is 4.39. The molecular formula is C14H30O. The highest BCUT2D eigenvalue weighted by Gasteiger charge is 2.16. The van der Waals surface area contributed by atoms with Crippen LogP contribution in [0.3, 0.4) is 0 Å². The Bertz CT molecular complexity index is 140. The number of rotatable bonds is 9. The summed E-state index contributed by atoms with van der Waals surface area (Å²) < 4.78 is 0. The first-order valence-electron chi connectivity index (χ1n) is 6.62. The number of aliphatic hydroxyl groups excluding tert-OH is 1. The Hall–Kier alpha value is -0.0400. The van der Waals surface area contributed by atoms with E-state index in [2.05, 4.69) is 27.7 Å². The molecular weight excluding hydrogens is 184 g/mol. The molecule has 0 saturated heterocycles. The Morgan fingerprint density at radius 1 is 1.07 bits per heavy atom. The molecule has 15 heavy (non-hydrogen) atoms. The molecule has 0 aliphatic heterocycles. The molecule has 0 bridgehead atoms. The van der Waals surface area contributed by atoms with Crippen LogP contribution >= 0.6 is 0 Å². The molecule has 0 aromatic carbocycles. The Kier molecular flexibility index (Phi) is 8.13. The summed E-state index contributed by atoms with van der Waals surface area (Å²) in [5.41, 5.74) is 0.504. The van der Waals surface area contributed by atoms with E-state index in [1.54, 1.807) is 0 Å². The van der Waals surface area contributed by atoms with Crippen molar-refractivity contribution >= 4 is 0 Å².